The van der Waals surface area contributed by atoms with E-state index < -0.39 is 0 Å². The SMILES string of the molecule is O=C(NCCCOc1cccc2cccnc12)C1CCN(C(=O)CCc2ccccc2)CC1. The van der Waals surface area contributed by atoms with E-state index in [-0.39, 0.29) is 17.7 Å². The number of carbonyl (C=O) groups is 2. The number of hydrogen-bond acceptors (Lipinski definition) is 4. The van der Waals surface area contributed by atoms with E-state index >= 15 is 0 Å². The van der Waals surface area contributed by atoms with E-state index in [1.807, 2.05) is 65.6 Å². The van der Waals surface area contributed by atoms with Gasteiger partial charge in [0.2, 0.25) is 11.8 Å². The first-order chi connectivity index (χ1) is 16.2. The molecule has 2 heterocycles. The monoisotopic (exact) mass is 445 g/mol. The summed E-state index contributed by atoms with van der Waals surface area (Å²) in [6.07, 6.45) is 5.22. The van der Waals surface area contributed by atoms with Crippen LogP contribution in [0.3, 0.4) is 0 Å². The second-order valence-electron chi connectivity index (χ2n) is 8.46. The van der Waals surface area contributed by atoms with Crippen LogP contribution in [0, 0.1) is 5.92 Å². The van der Waals surface area contributed by atoms with Crippen molar-refractivity contribution < 1.29 is 14.3 Å². The van der Waals surface area contributed by atoms with Crippen molar-refractivity contribution >= 4 is 22.7 Å². The largest absolute Gasteiger partial charge is 0.491 e. The van der Waals surface area contributed by atoms with Crippen molar-refractivity contribution in [1.29, 1.82) is 0 Å². The molecule has 1 aromatic heterocycles. The van der Waals surface area contributed by atoms with Gasteiger partial charge in [-0.2, -0.15) is 0 Å². The lowest BCUT2D eigenvalue weighted by molar-refractivity contribution is -0.135. The molecule has 6 nitrogen and oxygen atoms in total. The van der Waals surface area contributed by atoms with Gasteiger partial charge >= 0.3 is 0 Å². The molecule has 0 bridgehead atoms. The number of likely N-dealkylation sites (tertiary alicyclic amines) is 1. The summed E-state index contributed by atoms with van der Waals surface area (Å²) in [5, 5.41) is 4.08. The third-order valence-corrected chi connectivity index (χ3v) is 6.16. The van der Waals surface area contributed by atoms with Gasteiger partial charge in [-0.1, -0.05) is 48.5 Å². The van der Waals surface area contributed by atoms with Crippen LogP contribution in [-0.2, 0) is 16.0 Å². The number of nitrogens with zero attached hydrogens (tertiary/aromatic N) is 2. The molecule has 0 aliphatic carbocycles. The van der Waals surface area contributed by atoms with E-state index in [4.69, 9.17) is 4.74 Å². The minimum atomic E-state index is -0.0219. The van der Waals surface area contributed by atoms with Gasteiger partial charge in [-0.3, -0.25) is 14.6 Å². The number of hydrogen-bond donors (Lipinski definition) is 1. The smallest absolute Gasteiger partial charge is 0.223 e. The highest BCUT2D eigenvalue weighted by atomic mass is 16.5. The number of nitrogens with one attached hydrogen (secondary N) is 1. The van der Waals surface area contributed by atoms with Crippen molar-refractivity contribution in [3.05, 3.63) is 72.4 Å². The molecule has 2 aromatic carbocycles. The average Bonchev–Trinajstić information content (AvgIpc) is 2.87. The van der Waals surface area contributed by atoms with Crippen molar-refractivity contribution in [3.63, 3.8) is 0 Å². The summed E-state index contributed by atoms with van der Waals surface area (Å²) in [5.41, 5.74) is 2.04. The molecule has 1 fully saturated rings. The Kier molecular flexibility index (Phi) is 7.90. The average molecular weight is 446 g/mol. The lowest BCUT2D eigenvalue weighted by atomic mass is 9.95. The number of pyridine rings is 1. The Morgan fingerprint density at radius 3 is 2.61 bits per heavy atom. The zero-order valence-electron chi connectivity index (χ0n) is 18.9. The molecular weight excluding hydrogens is 414 g/mol. The predicted octanol–water partition coefficient (Wildman–Crippen LogP) is 3.99. The van der Waals surface area contributed by atoms with Gasteiger partial charge in [0.15, 0.2) is 0 Å². The summed E-state index contributed by atoms with van der Waals surface area (Å²) < 4.78 is 5.88. The first kappa shape index (κ1) is 22.8. The second-order valence-corrected chi connectivity index (χ2v) is 8.46. The number of piperidine rings is 1. The summed E-state index contributed by atoms with van der Waals surface area (Å²) in [6.45, 7) is 2.41. The van der Waals surface area contributed by atoms with Gasteiger partial charge < -0.3 is 15.0 Å². The van der Waals surface area contributed by atoms with Gasteiger partial charge in [-0.15, -0.1) is 0 Å². The standard InChI is InChI=1S/C27H31N3O3/c31-25(13-12-21-7-2-1-3-8-21)30-18-14-23(15-19-30)27(32)29-17-6-20-33-24-11-4-9-22-10-5-16-28-26(22)24/h1-5,7-11,16,23H,6,12-15,17-20H2,(H,29,32). The van der Waals surface area contributed by atoms with Crippen LogP contribution in [0.5, 0.6) is 5.75 Å². The lowest BCUT2D eigenvalue weighted by Crippen LogP contribution is -2.43. The van der Waals surface area contributed by atoms with Gasteiger partial charge in [0.1, 0.15) is 11.3 Å². The fourth-order valence-electron chi connectivity index (χ4n) is 4.25. The van der Waals surface area contributed by atoms with E-state index in [1.54, 1.807) is 6.20 Å². The molecule has 0 radical (unpaired) electrons. The van der Waals surface area contributed by atoms with E-state index in [0.717, 1.165) is 42.3 Å². The highest BCUT2D eigenvalue weighted by Crippen LogP contribution is 2.23. The van der Waals surface area contributed by atoms with Crippen molar-refractivity contribution in [2.24, 2.45) is 5.92 Å². The zero-order chi connectivity index (χ0) is 22.9. The third-order valence-electron chi connectivity index (χ3n) is 6.16. The molecule has 6 heteroatoms. The fourth-order valence-corrected chi connectivity index (χ4v) is 4.25. The molecule has 4 rings (SSSR count). The number of benzene rings is 2. The van der Waals surface area contributed by atoms with Gasteiger partial charge in [0.05, 0.1) is 6.61 Å². The minimum Gasteiger partial charge on any atom is -0.491 e. The molecule has 3 aromatic rings. The molecule has 33 heavy (non-hydrogen) atoms. The molecular formula is C27H31N3O3. The third kappa shape index (κ3) is 6.31. The number of aryl methyl sites for hydroxylation is 1. The van der Waals surface area contributed by atoms with Crippen molar-refractivity contribution in [2.45, 2.75) is 32.1 Å². The molecule has 1 aliphatic rings. The topological polar surface area (TPSA) is 71.5 Å². The Labute approximate surface area is 195 Å². The van der Waals surface area contributed by atoms with Crippen LogP contribution in [0.2, 0.25) is 0 Å². The summed E-state index contributed by atoms with van der Waals surface area (Å²) >= 11 is 0. The molecule has 0 spiro atoms. The number of amides is 2. The highest BCUT2D eigenvalue weighted by Gasteiger charge is 2.26. The van der Waals surface area contributed by atoms with Crippen LogP contribution in [0.1, 0.15) is 31.2 Å². The van der Waals surface area contributed by atoms with E-state index in [0.29, 0.717) is 32.7 Å². The summed E-state index contributed by atoms with van der Waals surface area (Å²) in [7, 11) is 0. The number of aromatic nitrogens is 1. The van der Waals surface area contributed by atoms with Crippen LogP contribution in [0.4, 0.5) is 0 Å². The van der Waals surface area contributed by atoms with E-state index in [2.05, 4.69) is 10.3 Å². The number of para-hydroxylation sites is 1. The van der Waals surface area contributed by atoms with Crippen LogP contribution >= 0.6 is 0 Å². The van der Waals surface area contributed by atoms with E-state index in [1.165, 1.54) is 5.56 Å². The Balaban J connectivity index is 1.12. The molecule has 2 amide bonds. The fraction of sp³-hybridized carbons (Fsp3) is 0.370. The van der Waals surface area contributed by atoms with E-state index in [9.17, 15) is 9.59 Å². The lowest BCUT2D eigenvalue weighted by Gasteiger charge is -2.31. The van der Waals surface area contributed by atoms with Crippen molar-refractivity contribution in [3.8, 4) is 5.75 Å². The summed E-state index contributed by atoms with van der Waals surface area (Å²) in [6, 6.07) is 19.9. The Hall–Kier alpha value is -3.41. The molecule has 0 atom stereocenters. The molecule has 1 saturated heterocycles. The van der Waals surface area contributed by atoms with Crippen molar-refractivity contribution in [1.82, 2.24) is 15.2 Å². The zero-order valence-corrected chi connectivity index (χ0v) is 18.9. The maximum absolute atomic E-state index is 12.5. The number of carbonyl (C=O) groups excluding carboxylic acids is 2. The summed E-state index contributed by atoms with van der Waals surface area (Å²) in [4.78, 5) is 31.3. The Morgan fingerprint density at radius 1 is 1.00 bits per heavy atom. The molecule has 1 aliphatic heterocycles. The van der Waals surface area contributed by atoms with Crippen LogP contribution < -0.4 is 10.1 Å². The molecule has 0 unspecified atom stereocenters. The molecule has 0 saturated carbocycles. The first-order valence-corrected chi connectivity index (χ1v) is 11.8. The van der Waals surface area contributed by atoms with Crippen LogP contribution in [-0.4, -0.2) is 47.9 Å². The van der Waals surface area contributed by atoms with Gasteiger partial charge in [0.25, 0.3) is 0 Å². The second kappa shape index (κ2) is 11.5. The van der Waals surface area contributed by atoms with Crippen LogP contribution in [0.15, 0.2) is 66.9 Å². The Morgan fingerprint density at radius 2 is 1.79 bits per heavy atom. The molecule has 172 valence electrons. The normalized spacial score (nSPS) is 14.2. The van der Waals surface area contributed by atoms with Gasteiger partial charge in [0, 0.05) is 43.6 Å². The maximum Gasteiger partial charge on any atom is 0.223 e. The summed E-state index contributed by atoms with van der Waals surface area (Å²) in [5.74, 6) is 1.01. The maximum atomic E-state index is 12.5. The predicted molar refractivity (Wildman–Crippen MR) is 129 cm³/mol. The minimum absolute atomic E-state index is 0.0219. The molecule has 1 N–H and O–H groups in total. The first-order valence-electron chi connectivity index (χ1n) is 11.8. The highest BCUT2D eigenvalue weighted by molar-refractivity contribution is 5.84. The van der Waals surface area contributed by atoms with Gasteiger partial charge in [-0.25, -0.2) is 0 Å². The number of ether oxygens (including phenoxy) is 1. The van der Waals surface area contributed by atoms with Gasteiger partial charge in [-0.05, 0) is 43.4 Å². The van der Waals surface area contributed by atoms with Crippen LogP contribution in [0.25, 0.3) is 10.9 Å². The Bertz CT molecular complexity index is 1060. The quantitative estimate of drug-likeness (QED) is 0.506. The number of fused-ring (bicyclic) bond motifs is 1. The van der Waals surface area contributed by atoms with Crippen molar-refractivity contribution in [2.75, 3.05) is 26.2 Å². The number of rotatable bonds is 9.